The summed E-state index contributed by atoms with van der Waals surface area (Å²) in [7, 11) is 0. The minimum atomic E-state index is -0.843. The number of hydrogen-bond donors (Lipinski definition) is 3. The predicted octanol–water partition coefficient (Wildman–Crippen LogP) is 1.05. The highest BCUT2D eigenvalue weighted by molar-refractivity contribution is 5.80. The number of hydrogen-bond acceptors (Lipinski definition) is 3. The molecule has 0 saturated heterocycles. The topological polar surface area (TPSA) is 95.5 Å². The van der Waals surface area contributed by atoms with Gasteiger partial charge in [-0.15, -0.1) is 0 Å². The Morgan fingerprint density at radius 1 is 1.15 bits per heavy atom. The quantitative estimate of drug-likeness (QED) is 0.651. The summed E-state index contributed by atoms with van der Waals surface area (Å²) in [6, 6.07) is -0.157. The van der Waals surface area contributed by atoms with Gasteiger partial charge in [-0.1, -0.05) is 6.42 Å². The van der Waals surface area contributed by atoms with E-state index in [0.29, 0.717) is 19.3 Å². The monoisotopic (exact) mass is 284 g/mol. The smallest absolute Gasteiger partial charge is 0.308 e. The summed E-state index contributed by atoms with van der Waals surface area (Å²) in [4.78, 5) is 34.1. The molecule has 6 heteroatoms. The number of carbonyl (C=O) groups is 3. The van der Waals surface area contributed by atoms with Gasteiger partial charge < -0.3 is 15.7 Å². The summed E-state index contributed by atoms with van der Waals surface area (Å²) in [5, 5.41) is 14.6. The van der Waals surface area contributed by atoms with E-state index in [2.05, 4.69) is 10.6 Å². The van der Waals surface area contributed by atoms with Gasteiger partial charge in [-0.25, -0.2) is 0 Å². The Hall–Kier alpha value is -1.59. The van der Waals surface area contributed by atoms with Crippen molar-refractivity contribution in [3.63, 3.8) is 0 Å². The zero-order valence-corrected chi connectivity index (χ0v) is 12.1. The largest absolute Gasteiger partial charge is 0.481 e. The Kier molecular flexibility index (Phi) is 6.48. The molecule has 0 heterocycles. The molecule has 0 unspecified atom stereocenters. The summed E-state index contributed by atoms with van der Waals surface area (Å²) in [5.74, 6) is -1.54. The van der Waals surface area contributed by atoms with Gasteiger partial charge >= 0.3 is 5.97 Å². The minimum absolute atomic E-state index is 0.0583. The van der Waals surface area contributed by atoms with Crippen LogP contribution in [-0.4, -0.2) is 35.0 Å². The third-order valence-electron chi connectivity index (χ3n) is 3.44. The first-order valence-corrected chi connectivity index (χ1v) is 7.21. The molecular formula is C14H24N2O4. The van der Waals surface area contributed by atoms with Crippen molar-refractivity contribution in [2.45, 2.75) is 64.5 Å². The number of carbonyl (C=O) groups excluding carboxylic acids is 2. The standard InChI is InChI=1S/C14H24N2O4/c1-9(2)15-12(17)7-4-8-13(18)16-11-6-3-5-10(11)14(19)20/h9-11H,3-8H2,1-2H3,(H,15,17)(H,16,18)(H,19,20)/t10-,11+/m0/s1. The molecule has 2 amide bonds. The lowest BCUT2D eigenvalue weighted by atomic mass is 10.0. The van der Waals surface area contributed by atoms with Crippen LogP contribution in [0.1, 0.15) is 52.4 Å². The van der Waals surface area contributed by atoms with Crippen LogP contribution in [0.5, 0.6) is 0 Å². The van der Waals surface area contributed by atoms with Gasteiger partial charge in [-0.3, -0.25) is 14.4 Å². The van der Waals surface area contributed by atoms with Crippen molar-refractivity contribution in [3.8, 4) is 0 Å². The van der Waals surface area contributed by atoms with E-state index in [9.17, 15) is 14.4 Å². The van der Waals surface area contributed by atoms with E-state index >= 15 is 0 Å². The molecular weight excluding hydrogens is 260 g/mol. The number of carboxylic acids is 1. The SMILES string of the molecule is CC(C)NC(=O)CCCC(=O)N[C@@H]1CCC[C@@H]1C(=O)O. The molecule has 1 fully saturated rings. The maximum atomic E-state index is 11.7. The first-order chi connectivity index (χ1) is 9.40. The third kappa shape index (κ3) is 5.59. The van der Waals surface area contributed by atoms with E-state index < -0.39 is 11.9 Å². The number of amides is 2. The van der Waals surface area contributed by atoms with Gasteiger partial charge in [-0.2, -0.15) is 0 Å². The van der Waals surface area contributed by atoms with Crippen LogP contribution in [-0.2, 0) is 14.4 Å². The van der Waals surface area contributed by atoms with Crippen molar-refractivity contribution in [3.05, 3.63) is 0 Å². The average Bonchev–Trinajstić information content (AvgIpc) is 2.75. The Balaban J connectivity index is 2.23. The van der Waals surface area contributed by atoms with Crippen LogP contribution in [0.3, 0.4) is 0 Å². The Labute approximate surface area is 119 Å². The van der Waals surface area contributed by atoms with Crippen molar-refractivity contribution in [2.24, 2.45) is 5.92 Å². The van der Waals surface area contributed by atoms with Crippen LogP contribution in [0.25, 0.3) is 0 Å². The first kappa shape index (κ1) is 16.5. The first-order valence-electron chi connectivity index (χ1n) is 7.21. The molecule has 0 spiro atoms. The number of aliphatic carboxylic acids is 1. The van der Waals surface area contributed by atoms with Crippen molar-refractivity contribution >= 4 is 17.8 Å². The Morgan fingerprint density at radius 2 is 1.80 bits per heavy atom. The number of carboxylic acid groups (broad SMARTS) is 1. The fourth-order valence-corrected chi connectivity index (χ4v) is 2.51. The van der Waals surface area contributed by atoms with Crippen molar-refractivity contribution in [1.29, 1.82) is 0 Å². The van der Waals surface area contributed by atoms with Crippen LogP contribution in [0.4, 0.5) is 0 Å². The maximum Gasteiger partial charge on any atom is 0.308 e. The molecule has 0 aliphatic heterocycles. The number of nitrogens with one attached hydrogen (secondary N) is 2. The van der Waals surface area contributed by atoms with E-state index in [1.807, 2.05) is 13.8 Å². The summed E-state index contributed by atoms with van der Waals surface area (Å²) in [6.45, 7) is 3.77. The van der Waals surface area contributed by atoms with Gasteiger partial charge in [0, 0.05) is 24.9 Å². The van der Waals surface area contributed by atoms with Crippen LogP contribution in [0, 0.1) is 5.92 Å². The summed E-state index contributed by atoms with van der Waals surface area (Å²) in [5.41, 5.74) is 0. The van der Waals surface area contributed by atoms with Crippen molar-refractivity contribution in [2.75, 3.05) is 0 Å². The highest BCUT2D eigenvalue weighted by atomic mass is 16.4. The lowest BCUT2D eigenvalue weighted by Gasteiger charge is -2.17. The highest BCUT2D eigenvalue weighted by Crippen LogP contribution is 2.25. The van der Waals surface area contributed by atoms with E-state index in [1.165, 1.54) is 0 Å². The molecule has 114 valence electrons. The second kappa shape index (κ2) is 7.87. The summed E-state index contributed by atoms with van der Waals surface area (Å²) >= 11 is 0. The molecule has 0 aromatic carbocycles. The zero-order valence-electron chi connectivity index (χ0n) is 12.1. The van der Waals surface area contributed by atoms with E-state index in [1.54, 1.807) is 0 Å². The van der Waals surface area contributed by atoms with E-state index in [4.69, 9.17) is 5.11 Å². The van der Waals surface area contributed by atoms with Gasteiger partial charge in [0.15, 0.2) is 0 Å². The zero-order chi connectivity index (χ0) is 15.1. The molecule has 3 N–H and O–H groups in total. The number of rotatable bonds is 7. The molecule has 0 aromatic rings. The van der Waals surface area contributed by atoms with Crippen molar-refractivity contribution < 1.29 is 19.5 Å². The molecule has 0 bridgehead atoms. The third-order valence-corrected chi connectivity index (χ3v) is 3.44. The molecule has 1 aliphatic carbocycles. The van der Waals surface area contributed by atoms with Crippen molar-refractivity contribution in [1.82, 2.24) is 10.6 Å². The van der Waals surface area contributed by atoms with E-state index in [-0.39, 0.29) is 30.3 Å². The molecule has 0 aromatic heterocycles. The molecule has 1 aliphatic rings. The van der Waals surface area contributed by atoms with E-state index in [0.717, 1.165) is 12.8 Å². The van der Waals surface area contributed by atoms with Gasteiger partial charge in [-0.05, 0) is 33.1 Å². The highest BCUT2D eigenvalue weighted by Gasteiger charge is 2.33. The molecule has 20 heavy (non-hydrogen) atoms. The molecule has 6 nitrogen and oxygen atoms in total. The lowest BCUT2D eigenvalue weighted by Crippen LogP contribution is -2.40. The van der Waals surface area contributed by atoms with Crippen LogP contribution >= 0.6 is 0 Å². The lowest BCUT2D eigenvalue weighted by molar-refractivity contribution is -0.142. The van der Waals surface area contributed by atoms with Gasteiger partial charge in [0.25, 0.3) is 0 Å². The molecule has 2 atom stereocenters. The van der Waals surface area contributed by atoms with Gasteiger partial charge in [0.2, 0.25) is 11.8 Å². The minimum Gasteiger partial charge on any atom is -0.481 e. The molecule has 0 radical (unpaired) electrons. The second-order valence-electron chi connectivity index (χ2n) is 5.63. The Morgan fingerprint density at radius 3 is 2.40 bits per heavy atom. The normalized spacial score (nSPS) is 21.8. The fourth-order valence-electron chi connectivity index (χ4n) is 2.51. The summed E-state index contributed by atoms with van der Waals surface area (Å²) in [6.07, 6.45) is 3.23. The van der Waals surface area contributed by atoms with Crippen LogP contribution < -0.4 is 10.6 Å². The second-order valence-corrected chi connectivity index (χ2v) is 5.63. The maximum absolute atomic E-state index is 11.7. The molecule has 1 saturated carbocycles. The summed E-state index contributed by atoms with van der Waals surface area (Å²) < 4.78 is 0. The predicted molar refractivity (Wildman–Crippen MR) is 74.0 cm³/mol. The fraction of sp³-hybridized carbons (Fsp3) is 0.786. The molecule has 1 rings (SSSR count). The van der Waals surface area contributed by atoms with Gasteiger partial charge in [0.1, 0.15) is 0 Å². The van der Waals surface area contributed by atoms with Gasteiger partial charge in [0.05, 0.1) is 5.92 Å². The van der Waals surface area contributed by atoms with Crippen LogP contribution in [0.15, 0.2) is 0 Å². The Bertz CT molecular complexity index is 368. The van der Waals surface area contributed by atoms with Crippen LogP contribution in [0.2, 0.25) is 0 Å². The average molecular weight is 284 g/mol.